The second kappa shape index (κ2) is 5.93. The van der Waals surface area contributed by atoms with Crippen LogP contribution in [0.25, 0.3) is 0 Å². The number of rotatable bonds is 4. The Bertz CT molecular complexity index is 771. The third-order valence-corrected chi connectivity index (χ3v) is 4.24. The Morgan fingerprint density at radius 3 is 2.64 bits per heavy atom. The molecule has 0 fully saturated rings. The van der Waals surface area contributed by atoms with Gasteiger partial charge in [-0.25, -0.2) is 23.0 Å². The standard InChI is InChI=1S/C12H11N3O6S/c1-21-11(17)7-4-2-3-5-8(7)15-22(19,20)9-6-13-12(18)14-10(9)16/h2-6,9,15H,1H3,(H,14,16,18). The van der Waals surface area contributed by atoms with E-state index in [1.165, 1.54) is 24.3 Å². The number of benzene rings is 1. The van der Waals surface area contributed by atoms with Gasteiger partial charge in [0.1, 0.15) is 0 Å². The quantitative estimate of drug-likeness (QED) is 0.743. The van der Waals surface area contributed by atoms with Crippen molar-refractivity contribution in [1.82, 2.24) is 5.32 Å². The Morgan fingerprint density at radius 2 is 2.00 bits per heavy atom. The fourth-order valence-corrected chi connectivity index (χ4v) is 2.88. The SMILES string of the molecule is COC(=O)c1ccccc1NS(=O)(=O)C1C=NC(=O)NC1=O. The van der Waals surface area contributed by atoms with Crippen LogP contribution >= 0.6 is 0 Å². The molecule has 9 nitrogen and oxygen atoms in total. The van der Waals surface area contributed by atoms with Crippen LogP contribution < -0.4 is 10.0 Å². The lowest BCUT2D eigenvalue weighted by Gasteiger charge is -2.17. The predicted octanol–water partition coefficient (Wildman–Crippen LogP) is -0.0959. The van der Waals surface area contributed by atoms with Gasteiger partial charge in [0.25, 0.3) is 5.91 Å². The first-order valence-electron chi connectivity index (χ1n) is 5.93. The number of aliphatic imine (C=N–C) groups is 1. The molecular formula is C12H11N3O6S. The number of para-hydroxylation sites is 1. The van der Waals surface area contributed by atoms with Crippen LogP contribution in [0.15, 0.2) is 29.3 Å². The zero-order valence-corrected chi connectivity index (χ0v) is 12.1. The van der Waals surface area contributed by atoms with E-state index < -0.39 is 33.2 Å². The second-order valence-electron chi connectivity index (χ2n) is 4.18. The molecule has 1 heterocycles. The fraction of sp³-hybridized carbons (Fsp3) is 0.167. The molecular weight excluding hydrogens is 314 g/mol. The highest BCUT2D eigenvalue weighted by atomic mass is 32.2. The first-order chi connectivity index (χ1) is 10.3. The van der Waals surface area contributed by atoms with E-state index in [0.717, 1.165) is 13.3 Å². The van der Waals surface area contributed by atoms with Gasteiger partial charge in [-0.3, -0.25) is 14.8 Å². The summed E-state index contributed by atoms with van der Waals surface area (Å²) in [7, 11) is -3.09. The van der Waals surface area contributed by atoms with Gasteiger partial charge in [0.15, 0.2) is 5.25 Å². The summed E-state index contributed by atoms with van der Waals surface area (Å²) in [5, 5.41) is 0.0989. The Hall–Kier alpha value is -2.75. The van der Waals surface area contributed by atoms with Crippen molar-refractivity contribution in [2.24, 2.45) is 4.99 Å². The lowest BCUT2D eigenvalue weighted by atomic mass is 10.2. The largest absolute Gasteiger partial charge is 0.465 e. The van der Waals surface area contributed by atoms with Gasteiger partial charge in [-0.15, -0.1) is 0 Å². The zero-order chi connectivity index (χ0) is 16.3. The summed E-state index contributed by atoms with van der Waals surface area (Å²) in [4.78, 5) is 37.3. The van der Waals surface area contributed by atoms with E-state index in [1.807, 2.05) is 0 Å². The van der Waals surface area contributed by atoms with Crippen LogP contribution in [0.5, 0.6) is 0 Å². The normalized spacial score (nSPS) is 17.8. The van der Waals surface area contributed by atoms with Gasteiger partial charge in [0.2, 0.25) is 10.0 Å². The zero-order valence-electron chi connectivity index (χ0n) is 11.3. The molecule has 0 spiro atoms. The van der Waals surface area contributed by atoms with E-state index in [9.17, 15) is 22.8 Å². The van der Waals surface area contributed by atoms with Gasteiger partial charge in [-0.1, -0.05) is 12.1 Å². The minimum Gasteiger partial charge on any atom is -0.465 e. The molecule has 0 aromatic heterocycles. The Balaban J connectivity index is 2.34. The molecule has 1 aliphatic rings. The molecule has 116 valence electrons. The van der Waals surface area contributed by atoms with E-state index in [1.54, 1.807) is 5.32 Å². The number of hydrogen-bond acceptors (Lipinski definition) is 6. The van der Waals surface area contributed by atoms with Crippen molar-refractivity contribution in [3.05, 3.63) is 29.8 Å². The van der Waals surface area contributed by atoms with Crippen molar-refractivity contribution in [3.63, 3.8) is 0 Å². The van der Waals surface area contributed by atoms with Gasteiger partial charge in [0, 0.05) is 6.21 Å². The van der Waals surface area contributed by atoms with E-state index in [2.05, 4.69) is 14.5 Å². The number of amides is 3. The Labute approximate surface area is 125 Å². The number of hydrogen-bond donors (Lipinski definition) is 2. The first kappa shape index (κ1) is 15.6. The van der Waals surface area contributed by atoms with Crippen LogP contribution in [-0.2, 0) is 19.6 Å². The number of methoxy groups -OCH3 is 1. The lowest BCUT2D eigenvalue weighted by Crippen LogP contribution is -2.48. The Kier molecular flexibility index (Phi) is 4.22. The molecule has 0 bridgehead atoms. The highest BCUT2D eigenvalue weighted by Gasteiger charge is 2.35. The van der Waals surface area contributed by atoms with Gasteiger partial charge in [0.05, 0.1) is 18.4 Å². The van der Waals surface area contributed by atoms with Crippen molar-refractivity contribution in [2.75, 3.05) is 11.8 Å². The third kappa shape index (κ3) is 3.11. The molecule has 1 aromatic rings. The molecule has 0 saturated carbocycles. The maximum Gasteiger partial charge on any atom is 0.347 e. The van der Waals surface area contributed by atoms with E-state index >= 15 is 0 Å². The van der Waals surface area contributed by atoms with E-state index in [4.69, 9.17) is 0 Å². The number of esters is 1. The summed E-state index contributed by atoms with van der Waals surface area (Å²) in [6, 6.07) is 4.79. The number of ether oxygens (including phenoxy) is 1. The minimum atomic E-state index is -4.24. The molecule has 0 radical (unpaired) electrons. The molecule has 2 N–H and O–H groups in total. The molecule has 3 amide bonds. The maximum absolute atomic E-state index is 12.2. The number of carbonyl (C=O) groups is 3. The first-order valence-corrected chi connectivity index (χ1v) is 7.48. The van der Waals surface area contributed by atoms with Gasteiger partial charge >= 0.3 is 12.0 Å². The van der Waals surface area contributed by atoms with Crippen LogP contribution in [0.1, 0.15) is 10.4 Å². The average molecular weight is 325 g/mol. The van der Waals surface area contributed by atoms with Crippen LogP contribution in [0.4, 0.5) is 10.5 Å². The molecule has 0 aliphatic carbocycles. The smallest absolute Gasteiger partial charge is 0.347 e. The predicted molar refractivity (Wildman–Crippen MR) is 76.1 cm³/mol. The number of anilines is 1. The maximum atomic E-state index is 12.2. The second-order valence-corrected chi connectivity index (χ2v) is 5.98. The summed E-state index contributed by atoms with van der Waals surface area (Å²) in [6.45, 7) is 0. The molecule has 2 rings (SSSR count). The molecule has 1 atom stereocenters. The summed E-state index contributed by atoms with van der Waals surface area (Å²) in [6.07, 6.45) is 0.726. The Morgan fingerprint density at radius 1 is 1.32 bits per heavy atom. The highest BCUT2D eigenvalue weighted by Crippen LogP contribution is 2.19. The average Bonchev–Trinajstić information content (AvgIpc) is 2.46. The lowest BCUT2D eigenvalue weighted by molar-refractivity contribution is -0.118. The van der Waals surface area contributed by atoms with Crippen LogP contribution in [0.2, 0.25) is 0 Å². The molecule has 0 saturated heterocycles. The van der Waals surface area contributed by atoms with Crippen molar-refractivity contribution >= 4 is 39.8 Å². The van der Waals surface area contributed by atoms with Crippen molar-refractivity contribution < 1.29 is 27.5 Å². The van der Waals surface area contributed by atoms with Crippen molar-refractivity contribution in [3.8, 4) is 0 Å². The van der Waals surface area contributed by atoms with E-state index in [0.29, 0.717) is 0 Å². The van der Waals surface area contributed by atoms with E-state index in [-0.39, 0.29) is 11.3 Å². The van der Waals surface area contributed by atoms with Crippen molar-refractivity contribution in [2.45, 2.75) is 5.25 Å². The summed E-state index contributed by atoms with van der Waals surface area (Å²) >= 11 is 0. The van der Waals surface area contributed by atoms with Crippen LogP contribution in [0, 0.1) is 0 Å². The number of nitrogens with zero attached hydrogens (tertiary/aromatic N) is 1. The molecule has 10 heteroatoms. The summed E-state index contributed by atoms with van der Waals surface area (Å²) in [5.74, 6) is -1.77. The van der Waals surface area contributed by atoms with Crippen molar-refractivity contribution in [1.29, 1.82) is 0 Å². The number of carbonyl (C=O) groups excluding carboxylic acids is 3. The van der Waals surface area contributed by atoms with Gasteiger partial charge in [-0.05, 0) is 12.1 Å². The van der Waals surface area contributed by atoms with Gasteiger partial charge in [-0.2, -0.15) is 0 Å². The summed E-state index contributed by atoms with van der Waals surface area (Å²) < 4.78 is 31.1. The number of nitrogens with one attached hydrogen (secondary N) is 2. The molecule has 1 aromatic carbocycles. The number of sulfonamides is 1. The van der Waals surface area contributed by atoms with Gasteiger partial charge < -0.3 is 4.74 Å². The molecule has 1 unspecified atom stereocenters. The minimum absolute atomic E-state index is 0.0159. The molecule has 22 heavy (non-hydrogen) atoms. The van der Waals surface area contributed by atoms with Crippen LogP contribution in [0.3, 0.4) is 0 Å². The number of urea groups is 1. The summed E-state index contributed by atoms with van der Waals surface area (Å²) in [5.41, 5.74) is -0.0646. The number of imide groups is 1. The van der Waals surface area contributed by atoms with Crippen LogP contribution in [-0.4, -0.2) is 44.9 Å². The third-order valence-electron chi connectivity index (χ3n) is 2.73. The molecule has 1 aliphatic heterocycles. The monoisotopic (exact) mass is 325 g/mol. The highest BCUT2D eigenvalue weighted by molar-refractivity contribution is 7.94. The fourth-order valence-electron chi connectivity index (χ4n) is 1.71. The topological polar surface area (TPSA) is 131 Å².